The molecule has 0 aliphatic heterocycles. The van der Waals surface area contributed by atoms with E-state index in [0.29, 0.717) is 10.9 Å². The van der Waals surface area contributed by atoms with Crippen molar-refractivity contribution in [2.45, 2.75) is 26.4 Å². The van der Waals surface area contributed by atoms with E-state index >= 15 is 0 Å². The first-order valence-corrected chi connectivity index (χ1v) is 6.77. The van der Waals surface area contributed by atoms with E-state index in [9.17, 15) is 14.4 Å². The number of rotatable bonds is 3. The summed E-state index contributed by atoms with van der Waals surface area (Å²) in [4.78, 5) is 37.9. The molecule has 6 heteroatoms. The van der Waals surface area contributed by atoms with E-state index in [4.69, 9.17) is 9.47 Å². The molecule has 0 bridgehead atoms. The van der Waals surface area contributed by atoms with Gasteiger partial charge in [0.2, 0.25) is 5.56 Å². The predicted molar refractivity (Wildman–Crippen MR) is 80.7 cm³/mol. The summed E-state index contributed by atoms with van der Waals surface area (Å²) in [6.07, 6.45) is 0. The van der Waals surface area contributed by atoms with Crippen molar-refractivity contribution in [2.75, 3.05) is 6.61 Å². The molecule has 0 aliphatic carbocycles. The van der Waals surface area contributed by atoms with Crippen LogP contribution in [0.2, 0.25) is 0 Å². The molecule has 0 saturated heterocycles. The molecule has 0 unspecified atom stereocenters. The molecule has 2 aromatic rings. The Morgan fingerprint density at radius 2 is 1.86 bits per heavy atom. The standard InChI is InChI=1S/C16H17NO5/c1-16(2,3)22-14(19)9-21-15(20)11-8-13(18)17-12-7-5-4-6-10(11)12/h4-8H,9H2,1-3H3,(H,17,18). The van der Waals surface area contributed by atoms with Crippen LogP contribution in [0.1, 0.15) is 31.1 Å². The number of para-hydroxylation sites is 1. The number of benzene rings is 1. The molecule has 0 radical (unpaired) electrons. The first kappa shape index (κ1) is 15.8. The fourth-order valence-electron chi connectivity index (χ4n) is 1.95. The number of carbonyl (C=O) groups excluding carboxylic acids is 2. The fraction of sp³-hybridized carbons (Fsp3) is 0.312. The highest BCUT2D eigenvalue weighted by Gasteiger charge is 2.19. The Balaban J connectivity index is 2.17. The molecule has 1 heterocycles. The van der Waals surface area contributed by atoms with Gasteiger partial charge in [-0.2, -0.15) is 0 Å². The van der Waals surface area contributed by atoms with Crippen LogP contribution in [0.25, 0.3) is 10.9 Å². The van der Waals surface area contributed by atoms with Crippen LogP contribution in [-0.2, 0) is 14.3 Å². The largest absolute Gasteiger partial charge is 0.457 e. The lowest BCUT2D eigenvalue weighted by atomic mass is 10.1. The molecule has 0 amide bonds. The number of esters is 2. The Hall–Kier alpha value is -2.63. The van der Waals surface area contributed by atoms with E-state index in [2.05, 4.69) is 4.98 Å². The number of H-pyrrole nitrogens is 1. The maximum atomic E-state index is 12.1. The van der Waals surface area contributed by atoms with Gasteiger partial charge >= 0.3 is 11.9 Å². The van der Waals surface area contributed by atoms with Gasteiger partial charge in [-0.15, -0.1) is 0 Å². The number of hydrogen-bond donors (Lipinski definition) is 1. The lowest BCUT2D eigenvalue weighted by molar-refractivity contribution is -0.158. The zero-order chi connectivity index (χ0) is 16.3. The highest BCUT2D eigenvalue weighted by molar-refractivity contribution is 6.03. The third-order valence-corrected chi connectivity index (χ3v) is 2.71. The van der Waals surface area contributed by atoms with E-state index in [1.807, 2.05) is 0 Å². The van der Waals surface area contributed by atoms with Crippen LogP contribution in [0.5, 0.6) is 0 Å². The predicted octanol–water partition coefficient (Wildman–Crippen LogP) is 2.03. The van der Waals surface area contributed by atoms with Crippen LogP contribution in [0.15, 0.2) is 35.1 Å². The zero-order valence-electron chi connectivity index (χ0n) is 12.6. The highest BCUT2D eigenvalue weighted by Crippen LogP contribution is 2.15. The van der Waals surface area contributed by atoms with Crippen molar-refractivity contribution < 1.29 is 19.1 Å². The minimum Gasteiger partial charge on any atom is -0.457 e. The van der Waals surface area contributed by atoms with Gasteiger partial charge in [0.15, 0.2) is 6.61 Å². The topological polar surface area (TPSA) is 85.5 Å². The summed E-state index contributed by atoms with van der Waals surface area (Å²) in [6, 6.07) is 8.01. The molecular formula is C16H17NO5. The molecule has 0 aliphatic rings. The van der Waals surface area contributed by atoms with Crippen molar-refractivity contribution in [1.29, 1.82) is 0 Å². The van der Waals surface area contributed by atoms with Crippen molar-refractivity contribution in [3.05, 3.63) is 46.2 Å². The maximum Gasteiger partial charge on any atom is 0.344 e. The Morgan fingerprint density at radius 1 is 1.18 bits per heavy atom. The quantitative estimate of drug-likeness (QED) is 0.877. The lowest BCUT2D eigenvalue weighted by Crippen LogP contribution is -2.27. The second kappa shape index (κ2) is 6.01. The molecule has 0 spiro atoms. The number of hydrogen-bond acceptors (Lipinski definition) is 5. The minimum absolute atomic E-state index is 0.114. The zero-order valence-corrected chi connectivity index (χ0v) is 12.6. The monoisotopic (exact) mass is 303 g/mol. The minimum atomic E-state index is -0.742. The normalized spacial score (nSPS) is 11.2. The second-order valence-corrected chi connectivity index (χ2v) is 5.76. The molecule has 0 fully saturated rings. The van der Waals surface area contributed by atoms with Crippen LogP contribution in [0, 0.1) is 0 Å². The van der Waals surface area contributed by atoms with Crippen LogP contribution in [0.3, 0.4) is 0 Å². The summed E-state index contributed by atoms with van der Waals surface area (Å²) < 4.78 is 9.98. The van der Waals surface area contributed by atoms with E-state index < -0.39 is 29.7 Å². The third kappa shape index (κ3) is 3.94. The molecule has 0 atom stereocenters. The number of aromatic amines is 1. The number of pyridine rings is 1. The van der Waals surface area contributed by atoms with Crippen LogP contribution in [0.4, 0.5) is 0 Å². The Labute approximate surface area is 127 Å². The summed E-state index contributed by atoms with van der Waals surface area (Å²) in [5.74, 6) is -1.39. The van der Waals surface area contributed by atoms with E-state index in [1.165, 1.54) is 0 Å². The summed E-state index contributed by atoms with van der Waals surface area (Å²) >= 11 is 0. The lowest BCUT2D eigenvalue weighted by Gasteiger charge is -2.19. The van der Waals surface area contributed by atoms with Crippen molar-refractivity contribution >= 4 is 22.8 Å². The summed E-state index contributed by atoms with van der Waals surface area (Å²) in [5.41, 5.74) is -0.426. The molecule has 2 rings (SSSR count). The van der Waals surface area contributed by atoms with Gasteiger partial charge in [-0.25, -0.2) is 9.59 Å². The first-order valence-electron chi connectivity index (χ1n) is 6.77. The Bertz CT molecular complexity index is 770. The van der Waals surface area contributed by atoms with Crippen LogP contribution < -0.4 is 5.56 Å². The number of carbonyl (C=O) groups is 2. The number of nitrogens with one attached hydrogen (secondary N) is 1. The molecule has 0 saturated carbocycles. The first-order chi connectivity index (χ1) is 10.3. The fourth-order valence-corrected chi connectivity index (χ4v) is 1.95. The second-order valence-electron chi connectivity index (χ2n) is 5.76. The smallest absolute Gasteiger partial charge is 0.344 e. The van der Waals surface area contributed by atoms with Crippen molar-refractivity contribution in [1.82, 2.24) is 4.98 Å². The van der Waals surface area contributed by atoms with E-state index in [-0.39, 0.29) is 5.56 Å². The van der Waals surface area contributed by atoms with Gasteiger partial charge in [-0.05, 0) is 26.8 Å². The van der Waals surface area contributed by atoms with Crippen molar-refractivity contribution in [3.63, 3.8) is 0 Å². The van der Waals surface area contributed by atoms with Gasteiger partial charge in [0, 0.05) is 17.0 Å². The average Bonchev–Trinajstić information content (AvgIpc) is 2.42. The Kier molecular flexibility index (Phi) is 4.30. The summed E-state index contributed by atoms with van der Waals surface area (Å²) in [7, 11) is 0. The highest BCUT2D eigenvalue weighted by atomic mass is 16.6. The number of aromatic nitrogens is 1. The SMILES string of the molecule is CC(C)(C)OC(=O)COC(=O)c1cc(=O)[nH]c2ccccc12. The molecule has 22 heavy (non-hydrogen) atoms. The van der Waals surface area contributed by atoms with Gasteiger partial charge < -0.3 is 14.5 Å². The van der Waals surface area contributed by atoms with Crippen LogP contribution >= 0.6 is 0 Å². The molecule has 1 aromatic carbocycles. The number of fused-ring (bicyclic) bond motifs is 1. The third-order valence-electron chi connectivity index (χ3n) is 2.71. The van der Waals surface area contributed by atoms with Gasteiger partial charge in [-0.1, -0.05) is 18.2 Å². The molecule has 1 N–H and O–H groups in total. The summed E-state index contributed by atoms with van der Waals surface area (Å²) in [5, 5.41) is 0.552. The summed E-state index contributed by atoms with van der Waals surface area (Å²) in [6.45, 7) is 4.65. The maximum absolute atomic E-state index is 12.1. The van der Waals surface area contributed by atoms with Crippen molar-refractivity contribution in [3.8, 4) is 0 Å². The molecule has 116 valence electrons. The average molecular weight is 303 g/mol. The van der Waals surface area contributed by atoms with Gasteiger partial charge in [0.25, 0.3) is 0 Å². The van der Waals surface area contributed by atoms with Gasteiger partial charge in [-0.3, -0.25) is 4.79 Å². The van der Waals surface area contributed by atoms with E-state index in [1.54, 1.807) is 45.0 Å². The van der Waals surface area contributed by atoms with Gasteiger partial charge in [0.1, 0.15) is 5.60 Å². The molecular weight excluding hydrogens is 286 g/mol. The Morgan fingerprint density at radius 3 is 2.55 bits per heavy atom. The van der Waals surface area contributed by atoms with Crippen molar-refractivity contribution in [2.24, 2.45) is 0 Å². The molecule has 1 aromatic heterocycles. The van der Waals surface area contributed by atoms with Crippen LogP contribution in [-0.4, -0.2) is 29.1 Å². The van der Waals surface area contributed by atoms with E-state index in [0.717, 1.165) is 6.07 Å². The number of ether oxygens (including phenoxy) is 2. The molecule has 6 nitrogen and oxygen atoms in total. The van der Waals surface area contributed by atoms with Gasteiger partial charge in [0.05, 0.1) is 5.56 Å².